The zero-order valence-corrected chi connectivity index (χ0v) is 12.1. The molecule has 0 bridgehead atoms. The first-order chi connectivity index (χ1) is 7.63. The maximum absolute atomic E-state index is 11.3. The molecule has 4 nitrogen and oxygen atoms in total. The van der Waals surface area contributed by atoms with Crippen molar-refractivity contribution in [1.29, 1.82) is 0 Å². The topological polar surface area (TPSA) is 52.6 Å². The monoisotopic (exact) mass is 244 g/mol. The Hall–Kier alpha value is -0.610. The molecule has 0 radical (unpaired) electrons. The molecule has 0 fully saturated rings. The first-order valence-corrected chi connectivity index (χ1v) is 6.26. The van der Waals surface area contributed by atoms with E-state index in [0.717, 1.165) is 13.0 Å². The van der Waals surface area contributed by atoms with Crippen LogP contribution in [-0.4, -0.2) is 48.7 Å². The smallest absolute Gasteiger partial charge is 0.323 e. The molecular formula is C13H28N2O2. The van der Waals surface area contributed by atoms with Crippen LogP contribution in [0.15, 0.2) is 0 Å². The predicted molar refractivity (Wildman–Crippen MR) is 71.3 cm³/mol. The first-order valence-electron chi connectivity index (χ1n) is 6.26. The van der Waals surface area contributed by atoms with Gasteiger partial charge in [-0.25, -0.2) is 0 Å². The average Bonchev–Trinajstić information content (AvgIpc) is 2.13. The summed E-state index contributed by atoms with van der Waals surface area (Å²) in [6.45, 7) is 9.71. The third-order valence-electron chi connectivity index (χ3n) is 2.92. The van der Waals surface area contributed by atoms with E-state index in [1.54, 1.807) is 6.92 Å². The molecule has 0 aromatic heterocycles. The molecule has 0 aliphatic heterocycles. The molecule has 0 heterocycles. The third kappa shape index (κ3) is 6.03. The van der Waals surface area contributed by atoms with Gasteiger partial charge in [0.05, 0.1) is 0 Å². The molecule has 0 amide bonds. The Bertz CT molecular complexity index is 252. The summed E-state index contributed by atoms with van der Waals surface area (Å²) >= 11 is 0. The zero-order valence-electron chi connectivity index (χ0n) is 12.1. The molecular weight excluding hydrogens is 216 g/mol. The summed E-state index contributed by atoms with van der Waals surface area (Å²) in [6.07, 6.45) is 1.52. The van der Waals surface area contributed by atoms with Crippen molar-refractivity contribution in [2.24, 2.45) is 5.41 Å². The summed E-state index contributed by atoms with van der Waals surface area (Å²) in [5.41, 5.74) is -0.744. The van der Waals surface area contributed by atoms with Crippen LogP contribution < -0.4 is 5.32 Å². The number of nitrogens with zero attached hydrogens (tertiary/aromatic N) is 1. The molecule has 2 N–H and O–H groups in total. The van der Waals surface area contributed by atoms with Crippen molar-refractivity contribution in [3.8, 4) is 0 Å². The van der Waals surface area contributed by atoms with Gasteiger partial charge in [0.25, 0.3) is 0 Å². The van der Waals surface area contributed by atoms with E-state index in [9.17, 15) is 9.90 Å². The van der Waals surface area contributed by atoms with Crippen molar-refractivity contribution in [3.63, 3.8) is 0 Å². The maximum atomic E-state index is 11.3. The van der Waals surface area contributed by atoms with Gasteiger partial charge in [-0.2, -0.15) is 0 Å². The Morgan fingerprint density at radius 2 is 1.82 bits per heavy atom. The second-order valence-electron chi connectivity index (χ2n) is 6.14. The van der Waals surface area contributed by atoms with Gasteiger partial charge in [0.1, 0.15) is 5.54 Å². The zero-order chi connectivity index (χ0) is 13.7. The molecule has 0 saturated carbocycles. The van der Waals surface area contributed by atoms with E-state index in [1.165, 1.54) is 0 Å². The van der Waals surface area contributed by atoms with E-state index in [-0.39, 0.29) is 5.41 Å². The van der Waals surface area contributed by atoms with Gasteiger partial charge in [-0.3, -0.25) is 4.79 Å². The van der Waals surface area contributed by atoms with Gasteiger partial charge >= 0.3 is 5.97 Å². The van der Waals surface area contributed by atoms with Gasteiger partial charge < -0.3 is 15.3 Å². The fourth-order valence-corrected chi connectivity index (χ4v) is 2.12. The fourth-order valence-electron chi connectivity index (χ4n) is 2.12. The number of nitrogens with one attached hydrogen (secondary N) is 1. The van der Waals surface area contributed by atoms with E-state index in [0.29, 0.717) is 13.0 Å². The number of aliphatic carboxylic acids is 1. The number of hydrogen-bond donors (Lipinski definition) is 2. The lowest BCUT2D eigenvalue weighted by Crippen LogP contribution is -2.53. The van der Waals surface area contributed by atoms with Gasteiger partial charge in [0.15, 0.2) is 0 Å². The lowest BCUT2D eigenvalue weighted by molar-refractivity contribution is -0.144. The summed E-state index contributed by atoms with van der Waals surface area (Å²) in [7, 11) is 4.06. The quantitative estimate of drug-likeness (QED) is 0.684. The summed E-state index contributed by atoms with van der Waals surface area (Å²) in [6, 6.07) is 0. The lowest BCUT2D eigenvalue weighted by Gasteiger charge is -2.34. The van der Waals surface area contributed by atoms with Gasteiger partial charge in [0.2, 0.25) is 0 Å². The Morgan fingerprint density at radius 3 is 2.18 bits per heavy atom. The number of carboxylic acids is 1. The molecule has 102 valence electrons. The molecule has 0 aromatic rings. The third-order valence-corrected chi connectivity index (χ3v) is 2.92. The van der Waals surface area contributed by atoms with Crippen LogP contribution in [0.25, 0.3) is 0 Å². The van der Waals surface area contributed by atoms with Crippen LogP contribution in [0.3, 0.4) is 0 Å². The second kappa shape index (κ2) is 6.36. The molecule has 17 heavy (non-hydrogen) atoms. The van der Waals surface area contributed by atoms with E-state index in [2.05, 4.69) is 24.1 Å². The molecule has 0 spiro atoms. The summed E-state index contributed by atoms with van der Waals surface area (Å²) < 4.78 is 0. The van der Waals surface area contributed by atoms with Crippen LogP contribution in [-0.2, 0) is 4.79 Å². The molecule has 0 rings (SSSR count). The summed E-state index contributed by atoms with van der Waals surface area (Å²) in [5.74, 6) is -0.764. The van der Waals surface area contributed by atoms with Gasteiger partial charge in [-0.1, -0.05) is 27.2 Å². The average molecular weight is 244 g/mol. The van der Waals surface area contributed by atoms with Crippen LogP contribution in [0, 0.1) is 5.41 Å². The second-order valence-corrected chi connectivity index (χ2v) is 6.14. The normalized spacial score (nSPS) is 15.9. The standard InChI is InChI=1S/C13H28N2O2/c1-7-8-13(4,11(16)17)14-9-12(2,3)10-15(5)6/h14H,7-10H2,1-6H3,(H,16,17). The highest BCUT2D eigenvalue weighted by Gasteiger charge is 2.33. The van der Waals surface area contributed by atoms with Gasteiger partial charge in [0, 0.05) is 13.1 Å². The molecule has 4 heteroatoms. The maximum Gasteiger partial charge on any atom is 0.323 e. The van der Waals surface area contributed by atoms with Crippen molar-refractivity contribution in [2.45, 2.75) is 46.1 Å². The number of hydrogen-bond acceptors (Lipinski definition) is 3. The Balaban J connectivity index is 4.45. The first kappa shape index (κ1) is 16.4. The van der Waals surface area contributed by atoms with Crippen molar-refractivity contribution in [3.05, 3.63) is 0 Å². The number of carbonyl (C=O) groups is 1. The molecule has 0 aliphatic carbocycles. The molecule has 0 aliphatic rings. The van der Waals surface area contributed by atoms with E-state index in [1.807, 2.05) is 21.0 Å². The SMILES string of the molecule is CCCC(C)(NCC(C)(C)CN(C)C)C(=O)O. The summed E-state index contributed by atoms with van der Waals surface area (Å²) in [4.78, 5) is 13.4. The number of rotatable bonds is 8. The van der Waals surface area contributed by atoms with Crippen molar-refractivity contribution >= 4 is 5.97 Å². The Kier molecular flexibility index (Phi) is 6.13. The van der Waals surface area contributed by atoms with Gasteiger partial charge in [-0.05, 0) is 32.9 Å². The minimum absolute atomic E-state index is 0.0634. The minimum atomic E-state index is -0.807. The van der Waals surface area contributed by atoms with E-state index < -0.39 is 11.5 Å². The molecule has 1 atom stereocenters. The predicted octanol–water partition coefficient (Wildman–Crippen LogP) is 1.81. The fraction of sp³-hybridized carbons (Fsp3) is 0.923. The van der Waals surface area contributed by atoms with E-state index >= 15 is 0 Å². The van der Waals surface area contributed by atoms with Crippen LogP contribution >= 0.6 is 0 Å². The van der Waals surface area contributed by atoms with E-state index in [4.69, 9.17) is 0 Å². The molecule has 0 saturated heterocycles. The van der Waals surface area contributed by atoms with Crippen molar-refractivity contribution in [1.82, 2.24) is 10.2 Å². The molecule has 0 aromatic carbocycles. The highest BCUT2D eigenvalue weighted by atomic mass is 16.4. The largest absolute Gasteiger partial charge is 0.480 e. The lowest BCUT2D eigenvalue weighted by atomic mass is 9.89. The Morgan fingerprint density at radius 1 is 1.29 bits per heavy atom. The Labute approximate surface area is 105 Å². The highest BCUT2D eigenvalue weighted by Crippen LogP contribution is 2.19. The molecule has 1 unspecified atom stereocenters. The highest BCUT2D eigenvalue weighted by molar-refractivity contribution is 5.78. The van der Waals surface area contributed by atoms with Crippen LogP contribution in [0.5, 0.6) is 0 Å². The van der Waals surface area contributed by atoms with Crippen LogP contribution in [0.1, 0.15) is 40.5 Å². The van der Waals surface area contributed by atoms with Crippen molar-refractivity contribution in [2.75, 3.05) is 27.2 Å². The summed E-state index contributed by atoms with van der Waals surface area (Å²) in [5, 5.41) is 12.5. The van der Waals surface area contributed by atoms with Gasteiger partial charge in [-0.15, -0.1) is 0 Å². The van der Waals surface area contributed by atoms with Crippen LogP contribution in [0.4, 0.5) is 0 Å². The minimum Gasteiger partial charge on any atom is -0.480 e. The number of carboxylic acid groups (broad SMARTS) is 1. The van der Waals surface area contributed by atoms with Crippen molar-refractivity contribution < 1.29 is 9.90 Å². The van der Waals surface area contributed by atoms with Crippen LogP contribution in [0.2, 0.25) is 0 Å².